The molecule has 1 aliphatic rings. The van der Waals surface area contributed by atoms with Gasteiger partial charge < -0.3 is 45.1 Å². The highest BCUT2D eigenvalue weighted by Crippen LogP contribution is 2.23. The van der Waals surface area contributed by atoms with Crippen LogP contribution in [-0.4, -0.2) is 100 Å². The number of nitrogens with one attached hydrogen (secondary N) is 1. The highest BCUT2D eigenvalue weighted by atomic mass is 16.7. The Morgan fingerprint density at radius 2 is 0.932 bits per heavy atom. The molecule has 0 aliphatic carbocycles. The summed E-state index contributed by atoms with van der Waals surface area (Å²) in [5.74, 6) is -0.230. The number of amides is 1. The molecule has 1 fully saturated rings. The third kappa shape index (κ3) is 41.5. The van der Waals surface area contributed by atoms with Crippen molar-refractivity contribution < 1.29 is 49.3 Å². The van der Waals surface area contributed by atoms with E-state index in [4.69, 9.17) is 14.2 Å². The van der Waals surface area contributed by atoms with E-state index in [1.165, 1.54) is 141 Å². The number of aliphatic hydroxyl groups excluding tert-OH is 5. The maximum atomic E-state index is 13.0. The van der Waals surface area contributed by atoms with Gasteiger partial charge in [0, 0.05) is 12.8 Å². The first kappa shape index (κ1) is 69.4. The predicted octanol–water partition coefficient (Wildman–Crippen LogP) is 14.2. The van der Waals surface area contributed by atoms with Crippen LogP contribution in [0.25, 0.3) is 0 Å². The molecule has 0 aromatic carbocycles. The van der Waals surface area contributed by atoms with Gasteiger partial charge in [0.2, 0.25) is 5.91 Å². The highest BCUT2D eigenvalue weighted by Gasteiger charge is 2.44. The molecule has 11 heteroatoms. The summed E-state index contributed by atoms with van der Waals surface area (Å²) in [6.07, 6.45) is 57.8. The van der Waals surface area contributed by atoms with E-state index in [1.807, 2.05) is 19.1 Å². The van der Waals surface area contributed by atoms with E-state index in [-0.39, 0.29) is 18.5 Å². The summed E-state index contributed by atoms with van der Waals surface area (Å²) >= 11 is 0. The van der Waals surface area contributed by atoms with Crippen molar-refractivity contribution in [2.45, 2.75) is 307 Å². The molecule has 1 heterocycles. The average molecular weight is 1040 g/mol. The summed E-state index contributed by atoms with van der Waals surface area (Å²) in [4.78, 5) is 25.1. The maximum Gasteiger partial charge on any atom is 0.305 e. The van der Waals surface area contributed by atoms with Crippen molar-refractivity contribution >= 4 is 11.9 Å². The minimum atomic E-state index is -1.58. The van der Waals surface area contributed by atoms with Crippen LogP contribution in [0.15, 0.2) is 60.8 Å². The highest BCUT2D eigenvalue weighted by molar-refractivity contribution is 5.76. The number of carbonyl (C=O) groups excluding carboxylic acids is 2. The molecule has 0 bridgehead atoms. The number of ether oxygens (including phenoxy) is 3. The zero-order valence-electron chi connectivity index (χ0n) is 47.3. The molecule has 1 rings (SSSR count). The molecule has 6 N–H and O–H groups in total. The fourth-order valence-corrected chi connectivity index (χ4v) is 9.29. The SMILES string of the molecule is C/C=C/CC/C=C/CC/C=C/C(O)C(COC1OC(CO)C(O)C(O)C1O)NC(=O)CCCCCCC/C=C\CCCCCCCCCCCOC(=O)CCCCCCCCCCC/C=C\CCCCCCCC. The zero-order valence-corrected chi connectivity index (χ0v) is 47.3. The molecule has 11 nitrogen and oxygen atoms in total. The standard InChI is InChI=1S/C63H113NO10/c1-3-5-7-9-11-13-14-15-16-17-18-22-25-28-31-35-39-43-47-51-59(68)72-52-48-44-40-36-32-29-26-23-20-19-21-24-27-30-34-38-42-46-50-58(67)64-55(56(66)49-45-41-37-33-12-10-8-6-4-2)54-73-63-62(71)61(70)60(69)57(53-65)74-63/h4,6,12,15-16,21,24,33,45,49,55-57,60-63,65-66,69-71H,3,5,7-11,13-14,17-20,22-23,25-32,34-44,46-48,50-54H2,1-2H3,(H,64,67)/b6-4+,16-15-,24-21-,33-12+,49-45+. The second-order valence-electron chi connectivity index (χ2n) is 21.0. The first-order valence-electron chi connectivity index (χ1n) is 30.5. The van der Waals surface area contributed by atoms with Crippen molar-refractivity contribution in [2.75, 3.05) is 19.8 Å². The van der Waals surface area contributed by atoms with Crippen LogP contribution in [0.4, 0.5) is 0 Å². The minimum absolute atomic E-state index is 0.0152. The Morgan fingerprint density at radius 3 is 1.42 bits per heavy atom. The first-order chi connectivity index (χ1) is 36.2. The Bertz CT molecular complexity index is 1410. The number of esters is 1. The molecule has 1 aliphatic heterocycles. The maximum absolute atomic E-state index is 13.0. The number of hydrogen-bond donors (Lipinski definition) is 6. The van der Waals surface area contributed by atoms with Gasteiger partial charge in [-0.05, 0) is 103 Å². The van der Waals surface area contributed by atoms with Crippen LogP contribution in [-0.2, 0) is 23.8 Å². The third-order valence-corrected chi connectivity index (χ3v) is 14.1. The van der Waals surface area contributed by atoms with E-state index in [1.54, 1.807) is 6.08 Å². The lowest BCUT2D eigenvalue weighted by atomic mass is 9.99. The summed E-state index contributed by atoms with van der Waals surface area (Å²) in [6.45, 7) is 4.06. The van der Waals surface area contributed by atoms with Crippen LogP contribution < -0.4 is 5.32 Å². The molecular formula is C63H113NO10. The lowest BCUT2D eigenvalue weighted by Crippen LogP contribution is -2.60. The second-order valence-corrected chi connectivity index (χ2v) is 21.0. The van der Waals surface area contributed by atoms with Crippen LogP contribution in [0.2, 0.25) is 0 Å². The molecule has 74 heavy (non-hydrogen) atoms. The number of unbranched alkanes of at least 4 members (excludes halogenated alkanes) is 31. The van der Waals surface area contributed by atoms with Gasteiger partial charge in [0.05, 0.1) is 32.0 Å². The summed E-state index contributed by atoms with van der Waals surface area (Å²) in [5.41, 5.74) is 0. The number of hydrogen-bond acceptors (Lipinski definition) is 10. The average Bonchev–Trinajstić information content (AvgIpc) is 3.40. The van der Waals surface area contributed by atoms with Gasteiger partial charge in [-0.15, -0.1) is 0 Å². The molecule has 0 radical (unpaired) electrons. The lowest BCUT2D eigenvalue weighted by molar-refractivity contribution is -0.302. The Kier molecular flexibility index (Phi) is 49.1. The normalized spacial score (nSPS) is 19.3. The van der Waals surface area contributed by atoms with Gasteiger partial charge in [-0.25, -0.2) is 0 Å². The molecule has 0 spiro atoms. The fourth-order valence-electron chi connectivity index (χ4n) is 9.29. The number of allylic oxidation sites excluding steroid dienone is 9. The third-order valence-electron chi connectivity index (χ3n) is 14.1. The fraction of sp³-hybridized carbons (Fsp3) is 0.810. The van der Waals surface area contributed by atoms with Crippen LogP contribution in [0, 0.1) is 0 Å². The van der Waals surface area contributed by atoms with Crippen LogP contribution in [0.5, 0.6) is 0 Å². The van der Waals surface area contributed by atoms with E-state index in [0.29, 0.717) is 25.9 Å². The molecule has 0 saturated carbocycles. The van der Waals surface area contributed by atoms with Crippen LogP contribution in [0.1, 0.15) is 264 Å². The van der Waals surface area contributed by atoms with Crippen molar-refractivity contribution in [2.24, 2.45) is 0 Å². The molecular weight excluding hydrogens is 931 g/mol. The number of carbonyl (C=O) groups is 2. The molecule has 1 saturated heterocycles. The molecule has 430 valence electrons. The van der Waals surface area contributed by atoms with Gasteiger partial charge in [-0.2, -0.15) is 0 Å². The molecule has 1 amide bonds. The van der Waals surface area contributed by atoms with Crippen molar-refractivity contribution in [3.05, 3.63) is 60.8 Å². The van der Waals surface area contributed by atoms with Crippen molar-refractivity contribution in [3.8, 4) is 0 Å². The Hall–Kier alpha value is -2.64. The Morgan fingerprint density at radius 1 is 0.514 bits per heavy atom. The van der Waals surface area contributed by atoms with Gasteiger partial charge in [0.25, 0.3) is 0 Å². The molecule has 0 aromatic heterocycles. The first-order valence-corrected chi connectivity index (χ1v) is 30.5. The number of rotatable bonds is 52. The van der Waals surface area contributed by atoms with Gasteiger partial charge in [0.1, 0.15) is 24.4 Å². The van der Waals surface area contributed by atoms with E-state index in [9.17, 15) is 35.1 Å². The van der Waals surface area contributed by atoms with Crippen molar-refractivity contribution in [1.29, 1.82) is 0 Å². The quantitative estimate of drug-likeness (QED) is 0.0195. The smallest absolute Gasteiger partial charge is 0.305 e. The van der Waals surface area contributed by atoms with E-state index >= 15 is 0 Å². The van der Waals surface area contributed by atoms with E-state index in [2.05, 4.69) is 54.8 Å². The molecule has 7 unspecified atom stereocenters. The van der Waals surface area contributed by atoms with Crippen LogP contribution >= 0.6 is 0 Å². The molecule has 7 atom stereocenters. The van der Waals surface area contributed by atoms with Gasteiger partial charge in [0.15, 0.2) is 6.29 Å². The summed E-state index contributed by atoms with van der Waals surface area (Å²) in [7, 11) is 0. The van der Waals surface area contributed by atoms with Crippen molar-refractivity contribution in [3.63, 3.8) is 0 Å². The van der Waals surface area contributed by atoms with Gasteiger partial charge in [-0.3, -0.25) is 9.59 Å². The summed E-state index contributed by atoms with van der Waals surface area (Å²) in [6, 6.07) is -0.844. The van der Waals surface area contributed by atoms with Crippen molar-refractivity contribution in [1.82, 2.24) is 5.32 Å². The largest absolute Gasteiger partial charge is 0.466 e. The lowest BCUT2D eigenvalue weighted by Gasteiger charge is -2.40. The Balaban J connectivity index is 2.01. The minimum Gasteiger partial charge on any atom is -0.466 e. The van der Waals surface area contributed by atoms with Gasteiger partial charge >= 0.3 is 5.97 Å². The zero-order chi connectivity index (χ0) is 53.8. The predicted molar refractivity (Wildman–Crippen MR) is 306 cm³/mol. The summed E-state index contributed by atoms with van der Waals surface area (Å²) < 4.78 is 16.7. The van der Waals surface area contributed by atoms with Crippen LogP contribution in [0.3, 0.4) is 0 Å². The van der Waals surface area contributed by atoms with E-state index in [0.717, 1.165) is 89.9 Å². The monoisotopic (exact) mass is 1040 g/mol. The van der Waals surface area contributed by atoms with Gasteiger partial charge in [-0.1, -0.05) is 209 Å². The molecule has 0 aromatic rings. The topological polar surface area (TPSA) is 175 Å². The second kappa shape index (κ2) is 52.4. The Labute approximate surface area is 452 Å². The van der Waals surface area contributed by atoms with E-state index < -0.39 is 49.5 Å². The number of aliphatic hydroxyl groups is 5. The summed E-state index contributed by atoms with van der Waals surface area (Å²) in [5, 5.41) is 54.1.